The van der Waals surface area contributed by atoms with Crippen molar-refractivity contribution in [1.29, 1.82) is 0 Å². The summed E-state index contributed by atoms with van der Waals surface area (Å²) in [6, 6.07) is 2.64. The molecule has 0 N–H and O–H groups in total. The van der Waals surface area contributed by atoms with Crippen LogP contribution in [0.25, 0.3) is 0 Å². The zero-order chi connectivity index (χ0) is 15.9. The van der Waals surface area contributed by atoms with Crippen molar-refractivity contribution in [2.24, 2.45) is 5.41 Å². The van der Waals surface area contributed by atoms with Gasteiger partial charge in [-0.25, -0.2) is 4.79 Å². The average Bonchev–Trinajstić information content (AvgIpc) is 3.03. The van der Waals surface area contributed by atoms with E-state index in [0.717, 1.165) is 38.4 Å². The van der Waals surface area contributed by atoms with Gasteiger partial charge in [-0.1, -0.05) is 0 Å². The lowest BCUT2D eigenvalue weighted by Gasteiger charge is -2.50. The third-order valence-corrected chi connectivity index (χ3v) is 5.63. The molecular weight excluding hydrogens is 292 g/mol. The number of ether oxygens (including phenoxy) is 2. The van der Waals surface area contributed by atoms with E-state index in [4.69, 9.17) is 9.47 Å². The van der Waals surface area contributed by atoms with E-state index in [0.29, 0.717) is 23.6 Å². The van der Waals surface area contributed by atoms with Crippen LogP contribution in [0.5, 0.6) is 0 Å². The van der Waals surface area contributed by atoms with Gasteiger partial charge in [0.2, 0.25) is 0 Å². The molecule has 2 aliphatic heterocycles. The molecule has 0 radical (unpaired) electrons. The summed E-state index contributed by atoms with van der Waals surface area (Å²) in [6.45, 7) is 6.07. The highest BCUT2D eigenvalue weighted by Crippen LogP contribution is 2.49. The Labute approximate surface area is 137 Å². The second kappa shape index (κ2) is 5.87. The molecule has 1 saturated heterocycles. The number of hydrogen-bond acceptors (Lipinski definition) is 5. The first kappa shape index (κ1) is 15.1. The maximum atomic E-state index is 11.8. The van der Waals surface area contributed by atoms with E-state index in [-0.39, 0.29) is 5.97 Å². The van der Waals surface area contributed by atoms with Crippen molar-refractivity contribution in [3.63, 3.8) is 0 Å². The topological polar surface area (TPSA) is 51.7 Å². The standard InChI is InChI=1S/C18H24N2O3/c1-2-23-17(21)14-7-13-3-5-20(11-16(13)19-10-14)15-8-18(9-15)4-6-22-12-18/h7,10,15H,2-6,8-9,11-12H2,1H3/t15-,18+. The van der Waals surface area contributed by atoms with Crippen LogP contribution in [0.3, 0.4) is 0 Å². The summed E-state index contributed by atoms with van der Waals surface area (Å²) < 4.78 is 10.6. The average molecular weight is 316 g/mol. The number of aromatic nitrogens is 1. The summed E-state index contributed by atoms with van der Waals surface area (Å²) in [6.07, 6.45) is 6.39. The molecule has 0 unspecified atom stereocenters. The Bertz CT molecular complexity index is 602. The Morgan fingerprint density at radius 1 is 1.52 bits per heavy atom. The van der Waals surface area contributed by atoms with E-state index < -0.39 is 0 Å². The molecule has 4 rings (SSSR count). The van der Waals surface area contributed by atoms with E-state index in [1.165, 1.54) is 24.8 Å². The molecule has 1 aliphatic carbocycles. The molecule has 3 aliphatic rings. The number of esters is 1. The first-order valence-electron chi connectivity index (χ1n) is 8.66. The van der Waals surface area contributed by atoms with Crippen LogP contribution in [0.4, 0.5) is 0 Å². The van der Waals surface area contributed by atoms with Crippen LogP contribution in [0, 0.1) is 5.41 Å². The van der Waals surface area contributed by atoms with Crippen LogP contribution < -0.4 is 0 Å². The summed E-state index contributed by atoms with van der Waals surface area (Å²) >= 11 is 0. The zero-order valence-corrected chi connectivity index (χ0v) is 13.7. The van der Waals surface area contributed by atoms with Crippen LogP contribution >= 0.6 is 0 Å². The van der Waals surface area contributed by atoms with Crippen LogP contribution in [-0.2, 0) is 22.4 Å². The number of rotatable bonds is 3. The Balaban J connectivity index is 1.41. The quantitative estimate of drug-likeness (QED) is 0.800. The lowest BCUT2D eigenvalue weighted by Crippen LogP contribution is -2.52. The Morgan fingerprint density at radius 3 is 3.13 bits per heavy atom. The molecule has 124 valence electrons. The molecule has 0 amide bonds. The van der Waals surface area contributed by atoms with Crippen LogP contribution in [0.15, 0.2) is 12.3 Å². The van der Waals surface area contributed by atoms with Crippen molar-refractivity contribution in [3.8, 4) is 0 Å². The smallest absolute Gasteiger partial charge is 0.339 e. The van der Waals surface area contributed by atoms with E-state index >= 15 is 0 Å². The normalized spacial score (nSPS) is 30.0. The minimum absolute atomic E-state index is 0.271. The number of fused-ring (bicyclic) bond motifs is 1. The maximum absolute atomic E-state index is 11.8. The van der Waals surface area contributed by atoms with Crippen molar-refractivity contribution < 1.29 is 14.3 Å². The lowest BCUT2D eigenvalue weighted by atomic mass is 9.64. The van der Waals surface area contributed by atoms with Crippen LogP contribution in [-0.4, -0.2) is 48.3 Å². The minimum Gasteiger partial charge on any atom is -0.462 e. The number of carbonyl (C=O) groups excluding carboxylic acids is 1. The first-order chi connectivity index (χ1) is 11.2. The largest absolute Gasteiger partial charge is 0.462 e. The molecule has 1 saturated carbocycles. The Morgan fingerprint density at radius 2 is 2.39 bits per heavy atom. The monoisotopic (exact) mass is 316 g/mol. The molecule has 1 aromatic heterocycles. The minimum atomic E-state index is -0.271. The predicted octanol–water partition coefficient (Wildman–Crippen LogP) is 2.19. The molecule has 0 bridgehead atoms. The van der Waals surface area contributed by atoms with Gasteiger partial charge >= 0.3 is 5.97 Å². The van der Waals surface area contributed by atoms with Crippen LogP contribution in [0.1, 0.15) is 47.8 Å². The van der Waals surface area contributed by atoms with Gasteiger partial charge in [-0.15, -0.1) is 0 Å². The van der Waals surface area contributed by atoms with E-state index in [2.05, 4.69) is 9.88 Å². The Kier molecular flexibility index (Phi) is 3.85. The first-order valence-corrected chi connectivity index (χ1v) is 8.66. The van der Waals surface area contributed by atoms with Crippen LogP contribution in [0.2, 0.25) is 0 Å². The highest BCUT2D eigenvalue weighted by molar-refractivity contribution is 5.89. The van der Waals surface area contributed by atoms with Gasteiger partial charge < -0.3 is 9.47 Å². The molecule has 0 atom stereocenters. The van der Waals surface area contributed by atoms with E-state index in [1.54, 1.807) is 6.20 Å². The third kappa shape index (κ3) is 2.76. The SMILES string of the molecule is CCOC(=O)c1cnc2c(c1)CCN([C@H]1C[C@]3(CCOC3)C1)C2. The highest BCUT2D eigenvalue weighted by atomic mass is 16.5. The van der Waals surface area contributed by atoms with E-state index in [9.17, 15) is 4.79 Å². The maximum Gasteiger partial charge on any atom is 0.339 e. The molecular formula is C18H24N2O3. The van der Waals surface area contributed by atoms with Gasteiger partial charge in [-0.2, -0.15) is 0 Å². The van der Waals surface area contributed by atoms with Gasteiger partial charge in [0.1, 0.15) is 0 Å². The van der Waals surface area contributed by atoms with Gasteiger partial charge in [0.25, 0.3) is 0 Å². The van der Waals surface area contributed by atoms with Gasteiger partial charge in [-0.3, -0.25) is 9.88 Å². The summed E-state index contributed by atoms with van der Waals surface area (Å²) in [4.78, 5) is 18.9. The molecule has 2 fully saturated rings. The van der Waals surface area contributed by atoms with Crippen molar-refractivity contribution in [2.75, 3.05) is 26.4 Å². The fourth-order valence-corrected chi connectivity index (χ4v) is 4.24. The van der Waals surface area contributed by atoms with Gasteiger partial charge in [0.15, 0.2) is 0 Å². The number of carbonyl (C=O) groups is 1. The van der Waals surface area contributed by atoms with Crippen molar-refractivity contribution in [3.05, 3.63) is 29.1 Å². The molecule has 3 heterocycles. The fourth-order valence-electron chi connectivity index (χ4n) is 4.24. The summed E-state index contributed by atoms with van der Waals surface area (Å²) in [7, 11) is 0. The fraction of sp³-hybridized carbons (Fsp3) is 0.667. The van der Waals surface area contributed by atoms with Gasteiger partial charge in [0, 0.05) is 31.9 Å². The second-order valence-corrected chi connectivity index (χ2v) is 7.14. The van der Waals surface area contributed by atoms with E-state index in [1.807, 2.05) is 13.0 Å². The number of hydrogen-bond donors (Lipinski definition) is 0. The molecule has 23 heavy (non-hydrogen) atoms. The summed E-state index contributed by atoms with van der Waals surface area (Å²) in [5.41, 5.74) is 3.37. The Hall–Kier alpha value is -1.46. The van der Waals surface area contributed by atoms with Crippen molar-refractivity contribution in [2.45, 2.75) is 45.2 Å². The molecule has 0 aromatic carbocycles. The molecule has 5 heteroatoms. The molecule has 1 spiro atoms. The number of pyridine rings is 1. The third-order valence-electron chi connectivity index (χ3n) is 5.63. The lowest BCUT2D eigenvalue weighted by molar-refractivity contribution is -0.0131. The second-order valence-electron chi connectivity index (χ2n) is 7.14. The molecule has 5 nitrogen and oxygen atoms in total. The summed E-state index contributed by atoms with van der Waals surface area (Å²) in [5.74, 6) is -0.271. The zero-order valence-electron chi connectivity index (χ0n) is 13.7. The van der Waals surface area contributed by atoms with Gasteiger partial charge in [0.05, 0.1) is 24.5 Å². The van der Waals surface area contributed by atoms with Crippen molar-refractivity contribution in [1.82, 2.24) is 9.88 Å². The predicted molar refractivity (Wildman–Crippen MR) is 85.2 cm³/mol. The summed E-state index contributed by atoms with van der Waals surface area (Å²) in [5, 5.41) is 0. The number of nitrogens with zero attached hydrogens (tertiary/aromatic N) is 2. The highest BCUT2D eigenvalue weighted by Gasteiger charge is 2.48. The van der Waals surface area contributed by atoms with Crippen molar-refractivity contribution >= 4 is 5.97 Å². The molecule has 1 aromatic rings. The van der Waals surface area contributed by atoms with Gasteiger partial charge in [-0.05, 0) is 49.7 Å².